The van der Waals surface area contributed by atoms with Crippen LogP contribution in [0.4, 0.5) is 10.5 Å². The molecule has 248 valence electrons. The van der Waals surface area contributed by atoms with Gasteiger partial charge in [0.15, 0.2) is 11.5 Å². The molecule has 46 heavy (non-hydrogen) atoms. The van der Waals surface area contributed by atoms with E-state index in [4.69, 9.17) is 25.8 Å². The molecule has 1 fully saturated rings. The number of ether oxygens (including phenoxy) is 3. The van der Waals surface area contributed by atoms with Gasteiger partial charge in [0.2, 0.25) is 5.91 Å². The predicted molar refractivity (Wildman–Crippen MR) is 182 cm³/mol. The summed E-state index contributed by atoms with van der Waals surface area (Å²) in [5, 5.41) is 12.3. The third-order valence-electron chi connectivity index (χ3n) is 8.26. The molecule has 2 aliphatic rings. The molecule has 1 saturated heterocycles. The Morgan fingerprint density at radius 1 is 0.935 bits per heavy atom. The van der Waals surface area contributed by atoms with Crippen LogP contribution in [0.1, 0.15) is 71.1 Å². The lowest BCUT2D eigenvalue weighted by molar-refractivity contribution is -0.118. The maximum absolute atomic E-state index is 13.1. The van der Waals surface area contributed by atoms with Crippen molar-refractivity contribution in [2.24, 2.45) is 5.92 Å². The number of aliphatic hydroxyl groups is 1. The lowest BCUT2D eigenvalue weighted by Gasteiger charge is -2.40. The number of carbonyl (C=O) groups is 2. The number of likely N-dealkylation sites (tertiary alicyclic amines) is 1. The maximum Gasteiger partial charge on any atom is 0.410 e. The minimum Gasteiger partial charge on any atom is -0.493 e. The Kier molecular flexibility index (Phi) is 11.3. The number of piperidine rings is 1. The highest BCUT2D eigenvalue weighted by Gasteiger charge is 2.38. The van der Waals surface area contributed by atoms with Gasteiger partial charge in [0.05, 0.1) is 31.8 Å². The Morgan fingerprint density at radius 3 is 2.07 bits per heavy atom. The number of hydrogen-bond acceptors (Lipinski definition) is 6. The summed E-state index contributed by atoms with van der Waals surface area (Å²) in [7, 11) is 1.60. The van der Waals surface area contributed by atoms with Crippen molar-refractivity contribution in [3.63, 3.8) is 0 Å². The number of hydrogen-bond donors (Lipinski definition) is 1. The molecule has 0 aromatic heterocycles. The van der Waals surface area contributed by atoms with E-state index in [9.17, 15) is 14.7 Å². The summed E-state index contributed by atoms with van der Waals surface area (Å²) < 4.78 is 16.9. The van der Waals surface area contributed by atoms with Crippen molar-refractivity contribution >= 4 is 29.3 Å². The van der Waals surface area contributed by atoms with Crippen LogP contribution in [-0.2, 0) is 28.1 Å². The molecule has 2 amide bonds. The van der Waals surface area contributed by atoms with E-state index in [-0.39, 0.29) is 30.4 Å². The van der Waals surface area contributed by atoms with Crippen LogP contribution in [0.2, 0.25) is 5.02 Å². The zero-order valence-corrected chi connectivity index (χ0v) is 28.8. The summed E-state index contributed by atoms with van der Waals surface area (Å²) in [6, 6.07) is 20.9. The first kappa shape index (κ1) is 35.1. The summed E-state index contributed by atoms with van der Waals surface area (Å²) >= 11 is 5.54. The smallest absolute Gasteiger partial charge is 0.410 e. The maximum atomic E-state index is 13.1. The topological polar surface area (TPSA) is 88.5 Å². The Labute approximate surface area is 278 Å². The quantitative estimate of drug-likeness (QED) is 0.293. The zero-order chi connectivity index (χ0) is 33.6. The van der Waals surface area contributed by atoms with E-state index in [0.29, 0.717) is 44.0 Å². The normalized spacial score (nSPS) is 16.6. The Bertz CT molecular complexity index is 1480. The van der Waals surface area contributed by atoms with Crippen LogP contribution in [0.3, 0.4) is 0 Å². The molecule has 0 radical (unpaired) electrons. The largest absolute Gasteiger partial charge is 0.493 e. The molecule has 3 aromatic carbocycles. The molecule has 0 spiro atoms. The molecule has 8 nitrogen and oxygen atoms in total. The second kappa shape index (κ2) is 14.8. The van der Waals surface area contributed by atoms with Crippen molar-refractivity contribution in [3.05, 3.63) is 88.4 Å². The van der Waals surface area contributed by atoms with Gasteiger partial charge in [-0.2, -0.15) is 0 Å². The van der Waals surface area contributed by atoms with Crippen molar-refractivity contribution in [1.29, 1.82) is 0 Å². The lowest BCUT2D eigenvalue weighted by Crippen LogP contribution is -2.45. The number of fused-ring (bicyclic) bond motifs is 1. The highest BCUT2D eigenvalue weighted by Crippen LogP contribution is 2.39. The van der Waals surface area contributed by atoms with E-state index >= 15 is 0 Å². The van der Waals surface area contributed by atoms with Gasteiger partial charge >= 0.3 is 6.09 Å². The van der Waals surface area contributed by atoms with Gasteiger partial charge in [-0.1, -0.05) is 41.9 Å². The minimum absolute atomic E-state index is 0.000101. The molecule has 1 unspecified atom stereocenters. The van der Waals surface area contributed by atoms with Gasteiger partial charge in [0.1, 0.15) is 5.60 Å². The molecular weight excluding hydrogens is 604 g/mol. The summed E-state index contributed by atoms with van der Waals surface area (Å²) in [6.45, 7) is 12.9. The van der Waals surface area contributed by atoms with Crippen molar-refractivity contribution < 1.29 is 28.9 Å². The molecular formula is C37H47ClN2O6. The fraction of sp³-hybridized carbons (Fsp3) is 0.459. The van der Waals surface area contributed by atoms with Crippen molar-refractivity contribution in [2.75, 3.05) is 25.1 Å². The average Bonchev–Trinajstić information content (AvgIpc) is 3.00. The summed E-state index contributed by atoms with van der Waals surface area (Å²) in [6.07, 6.45) is 1.34. The highest BCUT2D eigenvalue weighted by molar-refractivity contribution is 6.30. The number of halogens is 1. The van der Waals surface area contributed by atoms with Crippen LogP contribution >= 0.6 is 11.6 Å². The lowest BCUT2D eigenvalue weighted by atomic mass is 9.77. The summed E-state index contributed by atoms with van der Waals surface area (Å²) in [4.78, 5) is 29.0. The Balaban J connectivity index is 0.000000606. The van der Waals surface area contributed by atoms with Crippen LogP contribution in [0.25, 0.3) is 0 Å². The molecule has 9 heteroatoms. The van der Waals surface area contributed by atoms with Crippen molar-refractivity contribution in [2.45, 2.75) is 84.7 Å². The number of rotatable bonds is 6. The average molecular weight is 651 g/mol. The number of anilines is 1. The third-order valence-corrected chi connectivity index (χ3v) is 8.51. The van der Waals surface area contributed by atoms with Crippen molar-refractivity contribution in [3.8, 4) is 11.5 Å². The zero-order valence-electron chi connectivity index (χ0n) is 28.0. The SMILES string of the molecule is COc1cc2c(cc1OC(C)C)CN(c1ccc(C(C)(O)C3CCN(C(=O)OC(C)(C)C)CC3)cc1)C(=O)C2.Clc1ccccc1. The summed E-state index contributed by atoms with van der Waals surface area (Å²) in [5.74, 6) is 1.31. The van der Waals surface area contributed by atoms with E-state index in [2.05, 4.69) is 0 Å². The van der Waals surface area contributed by atoms with Gasteiger partial charge in [0, 0.05) is 23.8 Å². The molecule has 3 aromatic rings. The third kappa shape index (κ3) is 8.95. The fourth-order valence-electron chi connectivity index (χ4n) is 5.79. The van der Waals surface area contributed by atoms with Gasteiger partial charge in [0.25, 0.3) is 0 Å². The number of carbonyl (C=O) groups excluding carboxylic acids is 2. The standard InChI is InChI=1S/C31H42N2O6.C6H5Cl/c1-20(2)38-27-17-22-19-33(28(34)18-21(22)16-26(27)37-7)25-10-8-23(9-11-25)31(6,36)24-12-14-32(15-13-24)29(35)39-30(3,4)5;7-6-4-2-1-3-5-6/h8-11,16-17,20,24,36H,12-15,18-19H2,1-7H3;1-5H. The molecule has 5 rings (SSSR count). The molecule has 0 bridgehead atoms. The number of methoxy groups -OCH3 is 1. The van der Waals surface area contributed by atoms with Crippen LogP contribution in [0.15, 0.2) is 66.7 Å². The summed E-state index contributed by atoms with van der Waals surface area (Å²) in [5.41, 5.74) is 1.96. The second-order valence-corrected chi connectivity index (χ2v) is 13.8. The van der Waals surface area contributed by atoms with Crippen LogP contribution < -0.4 is 14.4 Å². The van der Waals surface area contributed by atoms with Gasteiger partial charge in [-0.15, -0.1) is 0 Å². The van der Waals surface area contributed by atoms with Crippen LogP contribution in [0, 0.1) is 5.92 Å². The van der Waals surface area contributed by atoms with E-state index in [0.717, 1.165) is 27.4 Å². The molecule has 2 aliphatic heterocycles. The first-order valence-corrected chi connectivity index (χ1v) is 16.2. The molecule has 2 heterocycles. The Hall–Kier alpha value is -3.75. The first-order valence-electron chi connectivity index (χ1n) is 15.9. The van der Waals surface area contributed by atoms with E-state index < -0.39 is 11.2 Å². The predicted octanol–water partition coefficient (Wildman–Crippen LogP) is 7.77. The van der Waals surface area contributed by atoms with Gasteiger partial charge < -0.3 is 29.1 Å². The van der Waals surface area contributed by atoms with E-state index in [1.807, 2.05) is 108 Å². The first-order chi connectivity index (χ1) is 21.7. The number of nitrogens with zero attached hydrogens (tertiary/aromatic N) is 2. The highest BCUT2D eigenvalue weighted by atomic mass is 35.5. The molecule has 0 aliphatic carbocycles. The van der Waals surface area contributed by atoms with Gasteiger partial charge in [-0.3, -0.25) is 4.79 Å². The van der Waals surface area contributed by atoms with E-state index in [1.165, 1.54) is 0 Å². The fourth-order valence-corrected chi connectivity index (χ4v) is 5.94. The van der Waals surface area contributed by atoms with Gasteiger partial charge in [-0.25, -0.2) is 4.79 Å². The monoisotopic (exact) mass is 650 g/mol. The number of benzene rings is 3. The molecule has 0 saturated carbocycles. The van der Waals surface area contributed by atoms with Crippen LogP contribution in [0.5, 0.6) is 11.5 Å². The van der Waals surface area contributed by atoms with Crippen molar-refractivity contribution in [1.82, 2.24) is 4.90 Å². The van der Waals surface area contributed by atoms with E-state index in [1.54, 1.807) is 16.9 Å². The van der Waals surface area contributed by atoms with Crippen LogP contribution in [-0.4, -0.2) is 53.9 Å². The molecule has 1 atom stereocenters. The van der Waals surface area contributed by atoms with Gasteiger partial charge in [-0.05, 0) is 113 Å². The number of amides is 2. The Morgan fingerprint density at radius 2 is 1.54 bits per heavy atom. The minimum atomic E-state index is -1.06. The molecule has 1 N–H and O–H groups in total. The second-order valence-electron chi connectivity index (χ2n) is 13.3.